The summed E-state index contributed by atoms with van der Waals surface area (Å²) in [7, 11) is 0. The molecule has 0 aliphatic carbocycles. The van der Waals surface area contributed by atoms with E-state index in [0.717, 1.165) is 19.4 Å². The van der Waals surface area contributed by atoms with Gasteiger partial charge in [0.25, 0.3) is 5.56 Å². The van der Waals surface area contributed by atoms with E-state index in [1.165, 1.54) is 0 Å². The van der Waals surface area contributed by atoms with Crippen molar-refractivity contribution in [3.05, 3.63) is 28.7 Å². The number of unbranched alkanes of at least 4 members (excludes halogenated alkanes) is 1. The van der Waals surface area contributed by atoms with Crippen LogP contribution in [0.1, 0.15) is 19.8 Å². The highest BCUT2D eigenvalue weighted by atomic mass is 16.1. The number of pyridine rings is 1. The molecule has 0 saturated carbocycles. The lowest BCUT2D eigenvalue weighted by Gasteiger charge is -2.03. The van der Waals surface area contributed by atoms with Gasteiger partial charge in [0.05, 0.1) is 5.69 Å². The van der Waals surface area contributed by atoms with Crippen LogP contribution >= 0.6 is 0 Å². The number of hydrogen-bond acceptors (Lipinski definition) is 2. The number of aryl methyl sites for hydroxylation is 1. The van der Waals surface area contributed by atoms with Gasteiger partial charge in [0.2, 0.25) is 0 Å². The molecule has 0 unspecified atom stereocenters. The van der Waals surface area contributed by atoms with Gasteiger partial charge in [0.1, 0.15) is 0 Å². The number of nitrogens with zero attached hydrogens (tertiary/aromatic N) is 1. The molecule has 0 bridgehead atoms. The molecule has 0 fully saturated rings. The van der Waals surface area contributed by atoms with E-state index < -0.39 is 0 Å². The van der Waals surface area contributed by atoms with Gasteiger partial charge in [-0.25, -0.2) is 0 Å². The standard InChI is InChI=1S/C9H14N2O/c1-2-3-6-11-7-4-5-8(10)9(11)12/h4-5,7H,2-3,6,10H2,1H3. The second kappa shape index (κ2) is 3.95. The number of aromatic nitrogens is 1. The van der Waals surface area contributed by atoms with Gasteiger partial charge in [-0.1, -0.05) is 13.3 Å². The molecule has 1 heterocycles. The zero-order chi connectivity index (χ0) is 8.97. The smallest absolute Gasteiger partial charge is 0.273 e. The second-order valence-corrected chi connectivity index (χ2v) is 2.82. The molecule has 12 heavy (non-hydrogen) atoms. The van der Waals surface area contributed by atoms with Crippen LogP contribution in [0, 0.1) is 0 Å². The molecule has 3 heteroatoms. The molecule has 0 aliphatic heterocycles. The highest BCUT2D eigenvalue weighted by Gasteiger charge is 1.96. The van der Waals surface area contributed by atoms with Crippen LogP contribution in [-0.2, 0) is 6.54 Å². The van der Waals surface area contributed by atoms with Gasteiger partial charge >= 0.3 is 0 Å². The first-order valence-electron chi connectivity index (χ1n) is 4.20. The van der Waals surface area contributed by atoms with E-state index in [1.807, 2.05) is 0 Å². The Morgan fingerprint density at radius 2 is 2.33 bits per heavy atom. The Balaban J connectivity index is 2.85. The third kappa shape index (κ3) is 1.87. The molecule has 3 nitrogen and oxygen atoms in total. The lowest BCUT2D eigenvalue weighted by molar-refractivity contribution is 0.614. The summed E-state index contributed by atoms with van der Waals surface area (Å²) in [6.45, 7) is 2.86. The fraction of sp³-hybridized carbons (Fsp3) is 0.444. The molecule has 0 radical (unpaired) electrons. The molecule has 0 atom stereocenters. The van der Waals surface area contributed by atoms with Gasteiger partial charge in [0, 0.05) is 12.7 Å². The maximum Gasteiger partial charge on any atom is 0.273 e. The van der Waals surface area contributed by atoms with Crippen molar-refractivity contribution >= 4 is 5.69 Å². The third-order valence-corrected chi connectivity index (χ3v) is 1.80. The van der Waals surface area contributed by atoms with Crippen LogP contribution in [0.15, 0.2) is 23.1 Å². The Hall–Kier alpha value is -1.25. The van der Waals surface area contributed by atoms with Gasteiger partial charge in [-0.3, -0.25) is 4.79 Å². The lowest BCUT2D eigenvalue weighted by Crippen LogP contribution is -2.21. The van der Waals surface area contributed by atoms with Gasteiger partial charge in [0.15, 0.2) is 0 Å². The van der Waals surface area contributed by atoms with Crippen LogP contribution in [0.4, 0.5) is 5.69 Å². The summed E-state index contributed by atoms with van der Waals surface area (Å²) >= 11 is 0. The van der Waals surface area contributed by atoms with E-state index in [-0.39, 0.29) is 5.56 Å². The molecule has 1 rings (SSSR count). The van der Waals surface area contributed by atoms with E-state index in [9.17, 15) is 4.79 Å². The average molecular weight is 166 g/mol. The summed E-state index contributed by atoms with van der Waals surface area (Å²) in [5.74, 6) is 0. The number of anilines is 1. The molecule has 0 spiro atoms. The zero-order valence-electron chi connectivity index (χ0n) is 7.29. The van der Waals surface area contributed by atoms with E-state index in [2.05, 4.69) is 6.92 Å². The largest absolute Gasteiger partial charge is 0.394 e. The first-order valence-corrected chi connectivity index (χ1v) is 4.20. The first kappa shape index (κ1) is 8.84. The lowest BCUT2D eigenvalue weighted by atomic mass is 10.3. The van der Waals surface area contributed by atoms with Crippen molar-refractivity contribution in [3.8, 4) is 0 Å². The van der Waals surface area contributed by atoms with Gasteiger partial charge in [-0.2, -0.15) is 0 Å². The topological polar surface area (TPSA) is 48.0 Å². The van der Waals surface area contributed by atoms with Gasteiger partial charge in [-0.05, 0) is 18.6 Å². The predicted molar refractivity (Wildman–Crippen MR) is 50.0 cm³/mol. The van der Waals surface area contributed by atoms with Crippen molar-refractivity contribution in [1.29, 1.82) is 0 Å². The fourth-order valence-corrected chi connectivity index (χ4v) is 1.06. The molecule has 1 aromatic rings. The minimum Gasteiger partial charge on any atom is -0.394 e. The van der Waals surface area contributed by atoms with Crippen LogP contribution < -0.4 is 11.3 Å². The zero-order valence-corrected chi connectivity index (χ0v) is 7.29. The molecule has 1 aromatic heterocycles. The van der Waals surface area contributed by atoms with Crippen molar-refractivity contribution in [3.63, 3.8) is 0 Å². The van der Waals surface area contributed by atoms with Crippen molar-refractivity contribution < 1.29 is 0 Å². The quantitative estimate of drug-likeness (QED) is 0.734. The summed E-state index contributed by atoms with van der Waals surface area (Å²) in [4.78, 5) is 11.3. The maximum atomic E-state index is 11.3. The Morgan fingerprint density at radius 1 is 1.58 bits per heavy atom. The minimum absolute atomic E-state index is 0.0778. The number of rotatable bonds is 3. The van der Waals surface area contributed by atoms with Crippen LogP contribution in [-0.4, -0.2) is 4.57 Å². The number of nitrogen functional groups attached to an aromatic ring is 1. The molecule has 66 valence electrons. The molecule has 0 saturated heterocycles. The highest BCUT2D eigenvalue weighted by molar-refractivity contribution is 5.33. The summed E-state index contributed by atoms with van der Waals surface area (Å²) in [5.41, 5.74) is 5.71. The van der Waals surface area contributed by atoms with Crippen LogP contribution in [0.5, 0.6) is 0 Å². The van der Waals surface area contributed by atoms with Gasteiger partial charge in [-0.15, -0.1) is 0 Å². The van der Waals surface area contributed by atoms with E-state index in [4.69, 9.17) is 5.73 Å². The molecule has 0 aliphatic rings. The molecular formula is C9H14N2O. The fourth-order valence-electron chi connectivity index (χ4n) is 1.06. The Bertz CT molecular complexity index is 304. The SMILES string of the molecule is CCCCn1cccc(N)c1=O. The molecular weight excluding hydrogens is 152 g/mol. The third-order valence-electron chi connectivity index (χ3n) is 1.80. The van der Waals surface area contributed by atoms with Crippen molar-refractivity contribution in [2.24, 2.45) is 0 Å². The van der Waals surface area contributed by atoms with Crippen LogP contribution in [0.2, 0.25) is 0 Å². The Labute approximate surface area is 71.8 Å². The molecule has 2 N–H and O–H groups in total. The Morgan fingerprint density at radius 3 is 3.00 bits per heavy atom. The monoisotopic (exact) mass is 166 g/mol. The normalized spacial score (nSPS) is 10.1. The summed E-state index contributed by atoms with van der Waals surface area (Å²) < 4.78 is 1.65. The second-order valence-electron chi connectivity index (χ2n) is 2.82. The predicted octanol–water partition coefficient (Wildman–Crippen LogP) is 1.23. The summed E-state index contributed by atoms with van der Waals surface area (Å²) in [6.07, 6.45) is 3.87. The van der Waals surface area contributed by atoms with E-state index in [1.54, 1.807) is 22.9 Å². The number of nitrogens with two attached hydrogens (primary N) is 1. The Kier molecular flexibility index (Phi) is 2.91. The highest BCUT2D eigenvalue weighted by Crippen LogP contribution is 1.95. The van der Waals surface area contributed by atoms with Gasteiger partial charge < -0.3 is 10.3 Å². The summed E-state index contributed by atoms with van der Waals surface area (Å²) in [5, 5.41) is 0. The van der Waals surface area contributed by atoms with Crippen molar-refractivity contribution in [2.75, 3.05) is 5.73 Å². The maximum absolute atomic E-state index is 11.3. The first-order chi connectivity index (χ1) is 5.75. The van der Waals surface area contributed by atoms with E-state index in [0.29, 0.717) is 5.69 Å². The summed E-state index contributed by atoms with van der Waals surface area (Å²) in [6, 6.07) is 3.43. The van der Waals surface area contributed by atoms with Crippen molar-refractivity contribution in [2.45, 2.75) is 26.3 Å². The molecule has 0 amide bonds. The van der Waals surface area contributed by atoms with Crippen LogP contribution in [0.25, 0.3) is 0 Å². The number of hydrogen-bond donors (Lipinski definition) is 1. The molecule has 0 aromatic carbocycles. The van der Waals surface area contributed by atoms with Crippen molar-refractivity contribution in [1.82, 2.24) is 4.57 Å². The minimum atomic E-state index is -0.0778. The average Bonchev–Trinajstić information content (AvgIpc) is 2.08. The van der Waals surface area contributed by atoms with E-state index >= 15 is 0 Å². The van der Waals surface area contributed by atoms with Crippen LogP contribution in [0.3, 0.4) is 0 Å².